The van der Waals surface area contributed by atoms with Crippen LogP contribution in [-0.2, 0) is 6.61 Å². The summed E-state index contributed by atoms with van der Waals surface area (Å²) >= 11 is 0. The molecule has 0 bridgehead atoms. The standard InChI is InChI=1S/C17H19F3N2O4/c1-10-13(11(2)26-21-10)8-25-14-6-5-12(7-15(14)24-4)16(23)22(3)9-17(18,19)20/h5-7H,8-9H2,1-4H3. The van der Waals surface area contributed by atoms with E-state index < -0.39 is 18.6 Å². The number of alkyl halides is 3. The summed E-state index contributed by atoms with van der Waals surface area (Å²) in [5, 5.41) is 3.83. The van der Waals surface area contributed by atoms with Gasteiger partial charge in [0, 0.05) is 12.6 Å². The van der Waals surface area contributed by atoms with Gasteiger partial charge in [-0.15, -0.1) is 0 Å². The minimum atomic E-state index is -4.47. The van der Waals surface area contributed by atoms with E-state index in [1.807, 2.05) is 0 Å². The average molecular weight is 372 g/mol. The van der Waals surface area contributed by atoms with E-state index in [0.29, 0.717) is 22.1 Å². The van der Waals surface area contributed by atoms with E-state index in [-0.39, 0.29) is 17.9 Å². The zero-order chi connectivity index (χ0) is 19.5. The van der Waals surface area contributed by atoms with Crippen molar-refractivity contribution in [2.45, 2.75) is 26.6 Å². The highest BCUT2D eigenvalue weighted by atomic mass is 19.4. The van der Waals surface area contributed by atoms with Gasteiger partial charge in [-0.3, -0.25) is 4.79 Å². The fourth-order valence-electron chi connectivity index (χ4n) is 2.34. The highest BCUT2D eigenvalue weighted by molar-refractivity contribution is 5.94. The number of carbonyl (C=O) groups is 1. The highest BCUT2D eigenvalue weighted by Gasteiger charge is 2.31. The maximum absolute atomic E-state index is 12.4. The van der Waals surface area contributed by atoms with Crippen molar-refractivity contribution >= 4 is 5.91 Å². The monoisotopic (exact) mass is 372 g/mol. The van der Waals surface area contributed by atoms with Crippen LogP contribution in [0.2, 0.25) is 0 Å². The number of hydrogen-bond donors (Lipinski definition) is 0. The van der Waals surface area contributed by atoms with E-state index in [9.17, 15) is 18.0 Å². The maximum Gasteiger partial charge on any atom is 0.406 e. The molecule has 0 radical (unpaired) electrons. The highest BCUT2D eigenvalue weighted by Crippen LogP contribution is 2.30. The minimum absolute atomic E-state index is 0.0679. The van der Waals surface area contributed by atoms with Crippen LogP contribution in [-0.4, -0.2) is 42.8 Å². The van der Waals surface area contributed by atoms with Gasteiger partial charge < -0.3 is 18.9 Å². The van der Waals surface area contributed by atoms with Gasteiger partial charge in [0.2, 0.25) is 0 Å². The van der Waals surface area contributed by atoms with Gasteiger partial charge in [-0.05, 0) is 32.0 Å². The van der Waals surface area contributed by atoms with Crippen LogP contribution in [0.25, 0.3) is 0 Å². The van der Waals surface area contributed by atoms with Crippen LogP contribution in [0.1, 0.15) is 27.4 Å². The van der Waals surface area contributed by atoms with Gasteiger partial charge in [0.05, 0.1) is 18.4 Å². The number of amides is 1. The van der Waals surface area contributed by atoms with E-state index in [4.69, 9.17) is 14.0 Å². The summed E-state index contributed by atoms with van der Waals surface area (Å²) in [7, 11) is 2.47. The molecule has 0 spiro atoms. The van der Waals surface area contributed by atoms with Crippen molar-refractivity contribution in [3.8, 4) is 11.5 Å². The lowest BCUT2D eigenvalue weighted by Crippen LogP contribution is -2.35. The van der Waals surface area contributed by atoms with Gasteiger partial charge in [-0.2, -0.15) is 13.2 Å². The van der Waals surface area contributed by atoms with Crippen molar-refractivity contribution in [2.24, 2.45) is 0 Å². The quantitative estimate of drug-likeness (QED) is 0.776. The van der Waals surface area contributed by atoms with Crippen molar-refractivity contribution in [2.75, 3.05) is 20.7 Å². The molecule has 0 aliphatic heterocycles. The van der Waals surface area contributed by atoms with Crippen LogP contribution in [0.5, 0.6) is 11.5 Å². The third-order valence-electron chi connectivity index (χ3n) is 3.73. The normalized spacial score (nSPS) is 11.3. The van der Waals surface area contributed by atoms with E-state index in [2.05, 4.69) is 5.16 Å². The molecule has 9 heteroatoms. The predicted molar refractivity (Wildman–Crippen MR) is 86.3 cm³/mol. The van der Waals surface area contributed by atoms with Crippen molar-refractivity contribution in [3.63, 3.8) is 0 Å². The Hall–Kier alpha value is -2.71. The molecule has 0 saturated heterocycles. The van der Waals surface area contributed by atoms with Crippen LogP contribution < -0.4 is 9.47 Å². The summed E-state index contributed by atoms with van der Waals surface area (Å²) < 4.78 is 53.2. The Bertz CT molecular complexity index is 767. The van der Waals surface area contributed by atoms with Crippen LogP contribution in [0.4, 0.5) is 13.2 Å². The summed E-state index contributed by atoms with van der Waals surface area (Å²) in [6.45, 7) is 2.39. The van der Waals surface area contributed by atoms with Gasteiger partial charge in [0.1, 0.15) is 18.9 Å². The van der Waals surface area contributed by atoms with Crippen molar-refractivity contribution in [3.05, 3.63) is 40.8 Å². The molecular formula is C17H19F3N2O4. The van der Waals surface area contributed by atoms with E-state index >= 15 is 0 Å². The fourth-order valence-corrected chi connectivity index (χ4v) is 2.34. The molecule has 0 N–H and O–H groups in total. The Kier molecular flexibility index (Phi) is 5.79. The molecule has 1 aromatic heterocycles. The summed E-state index contributed by atoms with van der Waals surface area (Å²) in [5.74, 6) is 0.450. The van der Waals surface area contributed by atoms with Crippen LogP contribution in [0, 0.1) is 13.8 Å². The fraction of sp³-hybridized carbons (Fsp3) is 0.412. The number of rotatable bonds is 6. The van der Waals surface area contributed by atoms with E-state index in [1.54, 1.807) is 13.8 Å². The molecule has 2 aromatic rings. The van der Waals surface area contributed by atoms with Gasteiger partial charge >= 0.3 is 6.18 Å². The van der Waals surface area contributed by atoms with Crippen LogP contribution in [0.15, 0.2) is 22.7 Å². The molecule has 26 heavy (non-hydrogen) atoms. The molecule has 0 aliphatic rings. The maximum atomic E-state index is 12.4. The Morgan fingerprint density at radius 2 is 1.96 bits per heavy atom. The number of halogens is 3. The second-order valence-electron chi connectivity index (χ2n) is 5.73. The van der Waals surface area contributed by atoms with Crippen LogP contribution >= 0.6 is 0 Å². The minimum Gasteiger partial charge on any atom is -0.493 e. The number of aromatic nitrogens is 1. The number of benzene rings is 1. The largest absolute Gasteiger partial charge is 0.493 e. The lowest BCUT2D eigenvalue weighted by molar-refractivity contribution is -0.138. The second-order valence-corrected chi connectivity index (χ2v) is 5.73. The molecule has 1 heterocycles. The molecule has 0 saturated carbocycles. The SMILES string of the molecule is COc1cc(C(=O)N(C)CC(F)(F)F)ccc1OCc1c(C)noc1C. The van der Waals surface area contributed by atoms with Crippen molar-refractivity contribution in [1.29, 1.82) is 0 Å². The van der Waals surface area contributed by atoms with Gasteiger partial charge in [0.25, 0.3) is 5.91 Å². The number of nitrogens with zero attached hydrogens (tertiary/aromatic N) is 2. The first-order valence-electron chi connectivity index (χ1n) is 7.67. The van der Waals surface area contributed by atoms with Crippen molar-refractivity contribution in [1.82, 2.24) is 10.1 Å². The summed E-state index contributed by atoms with van der Waals surface area (Å²) in [5.41, 5.74) is 1.55. The number of carbonyl (C=O) groups excluding carboxylic acids is 1. The lowest BCUT2D eigenvalue weighted by Gasteiger charge is -2.19. The zero-order valence-corrected chi connectivity index (χ0v) is 14.8. The Morgan fingerprint density at radius 1 is 1.27 bits per heavy atom. The number of hydrogen-bond acceptors (Lipinski definition) is 5. The molecule has 0 atom stereocenters. The molecule has 1 aromatic carbocycles. The summed E-state index contributed by atoms with van der Waals surface area (Å²) in [6.07, 6.45) is -4.47. The van der Waals surface area contributed by atoms with Crippen molar-refractivity contribution < 1.29 is 32.0 Å². The number of methoxy groups -OCH3 is 1. The molecular weight excluding hydrogens is 353 g/mol. The topological polar surface area (TPSA) is 64.8 Å². The third kappa shape index (κ3) is 4.68. The molecule has 0 aliphatic carbocycles. The van der Waals surface area contributed by atoms with E-state index in [0.717, 1.165) is 12.6 Å². The molecule has 1 amide bonds. The summed E-state index contributed by atoms with van der Waals surface area (Å²) in [4.78, 5) is 12.7. The first-order valence-corrected chi connectivity index (χ1v) is 7.67. The predicted octanol–water partition coefficient (Wildman–Crippen LogP) is 3.51. The first-order chi connectivity index (χ1) is 12.1. The number of ether oxygens (including phenoxy) is 2. The first kappa shape index (κ1) is 19.6. The average Bonchev–Trinajstić information content (AvgIpc) is 2.89. The Balaban J connectivity index is 2.15. The molecule has 2 rings (SSSR count). The van der Waals surface area contributed by atoms with E-state index in [1.165, 1.54) is 25.3 Å². The van der Waals surface area contributed by atoms with Gasteiger partial charge in [-0.25, -0.2) is 0 Å². The molecule has 0 fully saturated rings. The summed E-state index contributed by atoms with van der Waals surface area (Å²) in [6, 6.07) is 4.21. The Labute approximate surface area is 148 Å². The zero-order valence-electron chi connectivity index (χ0n) is 14.8. The lowest BCUT2D eigenvalue weighted by atomic mass is 10.1. The van der Waals surface area contributed by atoms with Gasteiger partial charge in [0.15, 0.2) is 11.5 Å². The van der Waals surface area contributed by atoms with Crippen LogP contribution in [0.3, 0.4) is 0 Å². The molecule has 0 unspecified atom stereocenters. The third-order valence-corrected chi connectivity index (χ3v) is 3.73. The molecule has 142 valence electrons. The smallest absolute Gasteiger partial charge is 0.406 e. The second kappa shape index (κ2) is 7.67. The van der Waals surface area contributed by atoms with Gasteiger partial charge in [-0.1, -0.05) is 5.16 Å². The Morgan fingerprint density at radius 3 is 2.50 bits per heavy atom. The molecule has 6 nitrogen and oxygen atoms in total. The number of aryl methyl sites for hydroxylation is 2.